The van der Waals surface area contributed by atoms with Crippen LogP contribution in [-0.4, -0.2) is 30.3 Å². The van der Waals surface area contributed by atoms with Crippen LogP contribution in [0.2, 0.25) is 5.02 Å². The fourth-order valence-corrected chi connectivity index (χ4v) is 4.11. The minimum absolute atomic E-state index is 0. The van der Waals surface area contributed by atoms with Crippen molar-refractivity contribution >= 4 is 52.2 Å². The molecule has 1 aliphatic heterocycles. The van der Waals surface area contributed by atoms with E-state index in [9.17, 15) is 9.59 Å². The number of amides is 2. The number of fused-ring (bicyclic) bond motifs is 1. The van der Waals surface area contributed by atoms with Crippen LogP contribution < -0.4 is 11.1 Å². The van der Waals surface area contributed by atoms with Gasteiger partial charge in [0.05, 0.1) is 5.56 Å². The summed E-state index contributed by atoms with van der Waals surface area (Å²) in [6, 6.07) is 6.59. The number of thiophene rings is 1. The Balaban J connectivity index is 0.00000208. The van der Waals surface area contributed by atoms with Crippen molar-refractivity contribution in [3.8, 4) is 0 Å². The fourth-order valence-electron chi connectivity index (χ4n) is 2.66. The number of carbonyl (C=O) groups excluding carboxylic acids is 2. The molecule has 3 N–H and O–H groups in total. The molecule has 8 heteroatoms. The summed E-state index contributed by atoms with van der Waals surface area (Å²) in [4.78, 5) is 27.5. The third kappa shape index (κ3) is 3.72. The zero-order chi connectivity index (χ0) is 16.6. The highest BCUT2D eigenvalue weighted by molar-refractivity contribution is 7.17. The zero-order valence-electron chi connectivity index (χ0n) is 13.0. The van der Waals surface area contributed by atoms with Crippen LogP contribution in [0.25, 0.3) is 0 Å². The van der Waals surface area contributed by atoms with Gasteiger partial charge in [0.2, 0.25) is 0 Å². The molecule has 24 heavy (non-hydrogen) atoms. The molecule has 2 amide bonds. The Labute approximate surface area is 155 Å². The van der Waals surface area contributed by atoms with Crippen molar-refractivity contribution < 1.29 is 9.59 Å². The van der Waals surface area contributed by atoms with Crippen LogP contribution in [0.3, 0.4) is 0 Å². The summed E-state index contributed by atoms with van der Waals surface area (Å²) in [7, 11) is 2.03. The predicted octanol–water partition coefficient (Wildman–Crippen LogP) is 3.16. The third-order valence-electron chi connectivity index (χ3n) is 3.83. The van der Waals surface area contributed by atoms with Gasteiger partial charge in [0.15, 0.2) is 0 Å². The molecule has 2 heterocycles. The van der Waals surface area contributed by atoms with Gasteiger partial charge in [-0.1, -0.05) is 11.6 Å². The molecule has 3 rings (SSSR count). The Kier molecular flexibility index (Phi) is 5.87. The average molecular weight is 386 g/mol. The van der Waals surface area contributed by atoms with Crippen molar-refractivity contribution in [1.29, 1.82) is 0 Å². The largest absolute Gasteiger partial charge is 0.365 e. The summed E-state index contributed by atoms with van der Waals surface area (Å²) in [6.45, 7) is 1.63. The summed E-state index contributed by atoms with van der Waals surface area (Å²) in [5.74, 6) is -0.783. The molecular weight excluding hydrogens is 369 g/mol. The van der Waals surface area contributed by atoms with Gasteiger partial charge >= 0.3 is 0 Å². The standard InChI is InChI=1S/C16H16ClN3O2S.ClH/c1-20-7-6-11-12(8-20)23-16(13(11)14(18)21)19-15(22)9-2-4-10(17)5-3-9;/h2-5H,6-8H2,1H3,(H2,18,21)(H,19,22);1H. The molecule has 0 radical (unpaired) electrons. The normalized spacial score (nSPS) is 13.8. The lowest BCUT2D eigenvalue weighted by Crippen LogP contribution is -2.27. The van der Waals surface area contributed by atoms with Gasteiger partial charge in [-0.25, -0.2) is 0 Å². The molecule has 128 valence electrons. The van der Waals surface area contributed by atoms with Crippen molar-refractivity contribution in [1.82, 2.24) is 4.90 Å². The van der Waals surface area contributed by atoms with Gasteiger partial charge in [0.25, 0.3) is 11.8 Å². The fraction of sp³-hybridized carbons (Fsp3) is 0.250. The number of nitrogens with two attached hydrogens (primary N) is 1. The van der Waals surface area contributed by atoms with Crippen LogP contribution in [0, 0.1) is 0 Å². The number of hydrogen-bond donors (Lipinski definition) is 2. The minimum atomic E-state index is -0.501. The van der Waals surface area contributed by atoms with Gasteiger partial charge in [0, 0.05) is 28.6 Å². The molecule has 2 aromatic rings. The highest BCUT2D eigenvalue weighted by Gasteiger charge is 2.26. The number of hydrogen-bond acceptors (Lipinski definition) is 4. The molecule has 0 spiro atoms. The van der Waals surface area contributed by atoms with E-state index in [1.54, 1.807) is 24.3 Å². The van der Waals surface area contributed by atoms with Crippen LogP contribution >= 0.6 is 35.3 Å². The summed E-state index contributed by atoms with van der Waals surface area (Å²) in [5.41, 5.74) is 7.43. The Morgan fingerprint density at radius 1 is 1.29 bits per heavy atom. The van der Waals surface area contributed by atoms with E-state index >= 15 is 0 Å². The number of nitrogens with zero attached hydrogens (tertiary/aromatic N) is 1. The monoisotopic (exact) mass is 385 g/mol. The minimum Gasteiger partial charge on any atom is -0.365 e. The van der Waals surface area contributed by atoms with Crippen molar-refractivity contribution in [2.75, 3.05) is 18.9 Å². The number of anilines is 1. The van der Waals surface area contributed by atoms with Gasteiger partial charge in [-0.3, -0.25) is 9.59 Å². The Morgan fingerprint density at radius 3 is 2.58 bits per heavy atom. The van der Waals surface area contributed by atoms with E-state index in [0.29, 0.717) is 21.2 Å². The topological polar surface area (TPSA) is 75.4 Å². The van der Waals surface area contributed by atoms with E-state index < -0.39 is 5.91 Å². The molecule has 0 saturated heterocycles. The molecule has 5 nitrogen and oxygen atoms in total. The summed E-state index contributed by atoms with van der Waals surface area (Å²) < 4.78 is 0. The second-order valence-corrected chi connectivity index (χ2v) is 7.06. The molecule has 0 unspecified atom stereocenters. The van der Waals surface area contributed by atoms with E-state index in [-0.39, 0.29) is 18.3 Å². The maximum atomic E-state index is 12.4. The van der Waals surface area contributed by atoms with Crippen LogP contribution in [-0.2, 0) is 13.0 Å². The van der Waals surface area contributed by atoms with Gasteiger partial charge in [-0.05, 0) is 43.3 Å². The number of benzene rings is 1. The maximum absolute atomic E-state index is 12.4. The third-order valence-corrected chi connectivity index (χ3v) is 5.21. The summed E-state index contributed by atoms with van der Waals surface area (Å²) in [6.07, 6.45) is 0.761. The number of carbonyl (C=O) groups is 2. The number of rotatable bonds is 3. The molecule has 1 aliphatic rings. The number of nitrogens with one attached hydrogen (secondary N) is 1. The lowest BCUT2D eigenvalue weighted by atomic mass is 10.0. The molecule has 0 atom stereocenters. The van der Waals surface area contributed by atoms with E-state index in [2.05, 4.69) is 10.2 Å². The first-order chi connectivity index (χ1) is 11.0. The van der Waals surface area contributed by atoms with Crippen LogP contribution in [0.1, 0.15) is 31.2 Å². The van der Waals surface area contributed by atoms with Crippen molar-refractivity contribution in [3.63, 3.8) is 0 Å². The smallest absolute Gasteiger partial charge is 0.256 e. The molecule has 0 bridgehead atoms. The van der Waals surface area contributed by atoms with E-state index in [1.807, 2.05) is 7.05 Å². The summed E-state index contributed by atoms with van der Waals surface area (Å²) >= 11 is 7.25. The molecule has 1 aromatic carbocycles. The lowest BCUT2D eigenvalue weighted by molar-refractivity contribution is 0.1000. The van der Waals surface area contributed by atoms with Crippen LogP contribution in [0.4, 0.5) is 5.00 Å². The first-order valence-corrected chi connectivity index (χ1v) is 8.35. The van der Waals surface area contributed by atoms with Crippen LogP contribution in [0.15, 0.2) is 24.3 Å². The van der Waals surface area contributed by atoms with Gasteiger partial charge in [-0.2, -0.15) is 0 Å². The average Bonchev–Trinajstić information content (AvgIpc) is 2.84. The van der Waals surface area contributed by atoms with Gasteiger partial charge in [0.1, 0.15) is 5.00 Å². The Bertz CT molecular complexity index is 774. The number of likely N-dealkylation sites (N-methyl/N-ethyl adjacent to an activating group) is 1. The first-order valence-electron chi connectivity index (χ1n) is 7.15. The number of halogens is 2. The molecule has 0 aliphatic carbocycles. The lowest BCUT2D eigenvalue weighted by Gasteiger charge is -2.22. The van der Waals surface area contributed by atoms with Gasteiger partial charge in [-0.15, -0.1) is 23.7 Å². The molecule has 0 saturated carbocycles. The Hall–Kier alpha value is -1.60. The summed E-state index contributed by atoms with van der Waals surface area (Å²) in [5, 5.41) is 3.91. The van der Waals surface area contributed by atoms with E-state index in [1.165, 1.54) is 11.3 Å². The van der Waals surface area contributed by atoms with Gasteiger partial charge < -0.3 is 16.0 Å². The van der Waals surface area contributed by atoms with Crippen molar-refractivity contribution in [2.24, 2.45) is 5.73 Å². The van der Waals surface area contributed by atoms with Crippen LogP contribution in [0.5, 0.6) is 0 Å². The van der Waals surface area contributed by atoms with Crippen molar-refractivity contribution in [3.05, 3.63) is 50.9 Å². The number of primary amides is 1. The maximum Gasteiger partial charge on any atom is 0.256 e. The highest BCUT2D eigenvalue weighted by Crippen LogP contribution is 2.36. The predicted molar refractivity (Wildman–Crippen MR) is 99.5 cm³/mol. The molecular formula is C16H17Cl2N3O2S. The molecule has 1 aromatic heterocycles. The SMILES string of the molecule is CN1CCc2c(sc(NC(=O)c3ccc(Cl)cc3)c2C(N)=O)C1.Cl. The second kappa shape index (κ2) is 7.53. The van der Waals surface area contributed by atoms with E-state index in [0.717, 1.165) is 30.0 Å². The van der Waals surface area contributed by atoms with E-state index in [4.69, 9.17) is 17.3 Å². The molecule has 0 fully saturated rings. The zero-order valence-corrected chi connectivity index (χ0v) is 15.4. The Morgan fingerprint density at radius 2 is 1.96 bits per heavy atom. The second-order valence-electron chi connectivity index (χ2n) is 5.52. The first kappa shape index (κ1) is 18.7. The quantitative estimate of drug-likeness (QED) is 0.851. The highest BCUT2D eigenvalue weighted by atomic mass is 35.5. The van der Waals surface area contributed by atoms with Crippen molar-refractivity contribution in [2.45, 2.75) is 13.0 Å².